The average molecular weight is 364 g/mol. The van der Waals surface area contributed by atoms with Crippen LogP contribution in [0.5, 0.6) is 5.88 Å². The minimum absolute atomic E-state index is 0.00628. The summed E-state index contributed by atoms with van der Waals surface area (Å²) in [6.45, 7) is 4.38. The summed E-state index contributed by atoms with van der Waals surface area (Å²) in [6.07, 6.45) is 10.5. The lowest BCUT2D eigenvalue weighted by atomic mass is 9.92. The van der Waals surface area contributed by atoms with E-state index >= 15 is 0 Å². The molecule has 8 nitrogen and oxygen atoms in total. The summed E-state index contributed by atoms with van der Waals surface area (Å²) in [5.74, 6) is 1.08. The van der Waals surface area contributed by atoms with Crippen LogP contribution in [0.2, 0.25) is 0 Å². The number of carbonyl (C=O) groups is 1. The van der Waals surface area contributed by atoms with Crippen LogP contribution < -0.4 is 4.74 Å². The Labute approximate surface area is 156 Å². The molecule has 1 saturated heterocycles. The fraction of sp³-hybridized carbons (Fsp3) is 0.368. The van der Waals surface area contributed by atoms with Crippen molar-refractivity contribution < 1.29 is 9.53 Å². The Morgan fingerprint density at radius 1 is 1.33 bits per heavy atom. The summed E-state index contributed by atoms with van der Waals surface area (Å²) in [6, 6.07) is 2.15. The number of fused-ring (bicyclic) bond motifs is 2. The van der Waals surface area contributed by atoms with Crippen LogP contribution in [-0.4, -0.2) is 53.9 Å². The molecule has 0 N–H and O–H groups in total. The minimum atomic E-state index is 0.00628. The van der Waals surface area contributed by atoms with Crippen molar-refractivity contribution in [1.82, 2.24) is 29.3 Å². The van der Waals surface area contributed by atoms with Gasteiger partial charge >= 0.3 is 0 Å². The van der Waals surface area contributed by atoms with Crippen LogP contribution in [0.15, 0.2) is 43.5 Å². The van der Waals surface area contributed by atoms with Crippen LogP contribution in [0.1, 0.15) is 12.8 Å². The summed E-state index contributed by atoms with van der Waals surface area (Å²) in [7, 11) is 1.87. The molecule has 1 amide bonds. The van der Waals surface area contributed by atoms with Crippen molar-refractivity contribution in [1.29, 1.82) is 0 Å². The molecule has 27 heavy (non-hydrogen) atoms. The SMILES string of the molecule is C=CC(=O)N1C[C@@H]2CC(Oc3nc(-c4cnn(C)c4)cn4nccc34)CC21. The van der Waals surface area contributed by atoms with Crippen molar-refractivity contribution in [2.75, 3.05) is 6.54 Å². The van der Waals surface area contributed by atoms with Gasteiger partial charge in [-0.3, -0.25) is 9.48 Å². The van der Waals surface area contributed by atoms with Crippen molar-refractivity contribution in [2.45, 2.75) is 25.0 Å². The Morgan fingerprint density at radius 2 is 2.22 bits per heavy atom. The molecular formula is C19H20N6O2. The second-order valence-electron chi connectivity index (χ2n) is 7.23. The van der Waals surface area contributed by atoms with Crippen molar-refractivity contribution in [3.63, 3.8) is 0 Å². The highest BCUT2D eigenvalue weighted by Gasteiger charge is 2.48. The topological polar surface area (TPSA) is 77.6 Å². The maximum atomic E-state index is 11.9. The normalized spacial score (nSPS) is 23.9. The molecular weight excluding hydrogens is 344 g/mol. The number of aryl methyl sites for hydroxylation is 1. The number of nitrogens with zero attached hydrogens (tertiary/aromatic N) is 6. The molecule has 138 valence electrons. The first kappa shape index (κ1) is 16.0. The molecule has 2 aliphatic rings. The van der Waals surface area contributed by atoms with E-state index in [1.807, 2.05) is 30.4 Å². The molecule has 0 bridgehead atoms. The molecule has 3 aromatic heterocycles. The first-order valence-corrected chi connectivity index (χ1v) is 9.05. The van der Waals surface area contributed by atoms with Gasteiger partial charge in [0, 0.05) is 43.7 Å². The standard InChI is InChI=1S/C19H20N6O2/c1-3-18(26)24-10-12-6-14(7-17(12)24)27-19-16-4-5-20-25(16)11-15(22-19)13-8-21-23(2)9-13/h3-5,8-9,11-12,14,17H,1,6-7,10H2,2H3/t12-,14?,17?/m0/s1. The number of aromatic nitrogens is 5. The molecule has 2 fully saturated rings. The highest BCUT2D eigenvalue weighted by atomic mass is 16.5. The zero-order chi connectivity index (χ0) is 18.5. The number of rotatable bonds is 4. The van der Waals surface area contributed by atoms with Crippen LogP contribution in [0.25, 0.3) is 16.8 Å². The second kappa shape index (κ2) is 5.94. The van der Waals surface area contributed by atoms with E-state index in [0.717, 1.165) is 36.2 Å². The predicted octanol–water partition coefficient (Wildman–Crippen LogP) is 1.68. The quantitative estimate of drug-likeness (QED) is 0.659. The lowest BCUT2D eigenvalue weighted by Crippen LogP contribution is -2.55. The van der Waals surface area contributed by atoms with Gasteiger partial charge in [0.2, 0.25) is 11.8 Å². The fourth-order valence-electron chi connectivity index (χ4n) is 4.18. The third-order valence-electron chi connectivity index (χ3n) is 5.54. The van der Waals surface area contributed by atoms with Gasteiger partial charge in [0.1, 0.15) is 11.6 Å². The smallest absolute Gasteiger partial charge is 0.246 e. The van der Waals surface area contributed by atoms with Crippen molar-refractivity contribution in [3.05, 3.63) is 43.5 Å². The molecule has 0 radical (unpaired) electrons. The number of likely N-dealkylation sites (tertiary alicyclic amines) is 1. The summed E-state index contributed by atoms with van der Waals surface area (Å²) in [5, 5.41) is 8.56. The van der Waals surface area contributed by atoms with E-state index in [1.165, 1.54) is 6.08 Å². The Bertz CT molecular complexity index is 1040. The first-order chi connectivity index (χ1) is 13.1. The molecule has 1 aliphatic heterocycles. The van der Waals surface area contributed by atoms with Gasteiger partial charge in [-0.15, -0.1) is 0 Å². The summed E-state index contributed by atoms with van der Waals surface area (Å²) in [4.78, 5) is 18.5. The van der Waals surface area contributed by atoms with Crippen molar-refractivity contribution >= 4 is 11.4 Å². The lowest BCUT2D eigenvalue weighted by Gasteiger charge is -2.43. The van der Waals surface area contributed by atoms with Gasteiger partial charge in [-0.05, 0) is 18.6 Å². The predicted molar refractivity (Wildman–Crippen MR) is 98.0 cm³/mol. The molecule has 0 spiro atoms. The van der Waals surface area contributed by atoms with Gasteiger partial charge in [-0.1, -0.05) is 6.58 Å². The maximum Gasteiger partial charge on any atom is 0.246 e. The van der Waals surface area contributed by atoms with Crippen LogP contribution in [-0.2, 0) is 11.8 Å². The van der Waals surface area contributed by atoms with E-state index in [4.69, 9.17) is 9.72 Å². The number of ether oxygens (including phenoxy) is 1. The third kappa shape index (κ3) is 2.59. The van der Waals surface area contributed by atoms with Gasteiger partial charge in [-0.2, -0.15) is 10.2 Å². The first-order valence-electron chi connectivity index (χ1n) is 9.05. The third-order valence-corrected chi connectivity index (χ3v) is 5.54. The summed E-state index contributed by atoms with van der Waals surface area (Å²) in [5.41, 5.74) is 2.51. The van der Waals surface area contributed by atoms with E-state index in [0.29, 0.717) is 11.8 Å². The fourth-order valence-corrected chi connectivity index (χ4v) is 4.18. The number of hydrogen-bond donors (Lipinski definition) is 0. The molecule has 2 unspecified atom stereocenters. The summed E-state index contributed by atoms with van der Waals surface area (Å²) < 4.78 is 9.82. The van der Waals surface area contributed by atoms with Crippen molar-refractivity contribution in [2.24, 2.45) is 13.0 Å². The van der Waals surface area contributed by atoms with Gasteiger partial charge in [0.25, 0.3) is 0 Å². The zero-order valence-corrected chi connectivity index (χ0v) is 15.0. The zero-order valence-electron chi connectivity index (χ0n) is 15.0. The van der Waals surface area contributed by atoms with Crippen LogP contribution in [0, 0.1) is 5.92 Å². The number of hydrogen-bond acceptors (Lipinski definition) is 5. The molecule has 1 aliphatic carbocycles. The summed E-state index contributed by atoms with van der Waals surface area (Å²) >= 11 is 0. The van der Waals surface area contributed by atoms with Gasteiger partial charge < -0.3 is 9.64 Å². The van der Waals surface area contributed by atoms with E-state index in [1.54, 1.807) is 21.6 Å². The van der Waals surface area contributed by atoms with E-state index in [-0.39, 0.29) is 18.1 Å². The molecule has 5 rings (SSSR count). The largest absolute Gasteiger partial charge is 0.473 e. The minimum Gasteiger partial charge on any atom is -0.473 e. The Balaban J connectivity index is 1.41. The van der Waals surface area contributed by atoms with E-state index < -0.39 is 0 Å². The molecule has 3 aromatic rings. The van der Waals surface area contributed by atoms with Crippen molar-refractivity contribution in [3.8, 4) is 17.1 Å². The van der Waals surface area contributed by atoms with Crippen LogP contribution >= 0.6 is 0 Å². The second-order valence-corrected chi connectivity index (χ2v) is 7.23. The highest BCUT2D eigenvalue weighted by molar-refractivity contribution is 5.88. The number of amides is 1. The Hall–Kier alpha value is -3.16. The Kier molecular flexibility index (Phi) is 3.53. The lowest BCUT2D eigenvalue weighted by molar-refractivity contribution is -0.136. The molecule has 0 aromatic carbocycles. The maximum absolute atomic E-state index is 11.9. The Morgan fingerprint density at radius 3 is 3.00 bits per heavy atom. The molecule has 8 heteroatoms. The average Bonchev–Trinajstić information content (AvgIpc) is 3.36. The van der Waals surface area contributed by atoms with Gasteiger partial charge in [0.15, 0.2) is 0 Å². The monoisotopic (exact) mass is 364 g/mol. The van der Waals surface area contributed by atoms with Gasteiger partial charge in [-0.25, -0.2) is 9.50 Å². The van der Waals surface area contributed by atoms with Gasteiger partial charge in [0.05, 0.1) is 24.3 Å². The van der Waals surface area contributed by atoms with Crippen LogP contribution in [0.4, 0.5) is 0 Å². The van der Waals surface area contributed by atoms with E-state index in [9.17, 15) is 4.79 Å². The molecule has 1 saturated carbocycles. The highest BCUT2D eigenvalue weighted by Crippen LogP contribution is 2.41. The molecule has 3 atom stereocenters. The number of carbonyl (C=O) groups excluding carboxylic acids is 1. The van der Waals surface area contributed by atoms with E-state index in [2.05, 4.69) is 16.8 Å². The van der Waals surface area contributed by atoms with Crippen LogP contribution in [0.3, 0.4) is 0 Å². The molecule has 4 heterocycles.